The molecule has 2 aromatic carbocycles. The number of hydrogen-bond donors (Lipinski definition) is 2. The van der Waals surface area contributed by atoms with Crippen LogP contribution in [0.3, 0.4) is 0 Å². The molecule has 2 N–H and O–H groups in total. The molecule has 1 unspecified atom stereocenters. The first-order chi connectivity index (χ1) is 15.2. The quantitative estimate of drug-likeness (QED) is 0.384. The number of benzene rings is 2. The molecule has 32 heavy (non-hydrogen) atoms. The average Bonchev–Trinajstić information content (AvgIpc) is 3.19. The standard InChI is InChI=1S/C24H24ClN3O4/c1-14-8-9-22(21(25)12-14)32-17(4)23(29)26-19-7-5-6-18(13-19)15(2)27-28-24(30)20-10-11-31-16(20)3/h5-13,17H,1-4H3,(H,26,29)(H,28,30). The number of halogens is 1. The summed E-state index contributed by atoms with van der Waals surface area (Å²) in [4.78, 5) is 24.8. The largest absolute Gasteiger partial charge is 0.479 e. The van der Waals surface area contributed by atoms with Gasteiger partial charge in [-0.3, -0.25) is 9.59 Å². The molecule has 166 valence electrons. The summed E-state index contributed by atoms with van der Waals surface area (Å²) >= 11 is 6.18. The number of furan rings is 1. The number of rotatable bonds is 7. The van der Waals surface area contributed by atoms with Crippen molar-refractivity contribution in [2.75, 3.05) is 5.32 Å². The van der Waals surface area contributed by atoms with Crippen LogP contribution in [0.5, 0.6) is 5.75 Å². The highest BCUT2D eigenvalue weighted by atomic mass is 35.5. The van der Waals surface area contributed by atoms with Crippen molar-refractivity contribution in [3.63, 3.8) is 0 Å². The van der Waals surface area contributed by atoms with Crippen LogP contribution in [0.15, 0.2) is 64.3 Å². The van der Waals surface area contributed by atoms with E-state index in [2.05, 4.69) is 15.8 Å². The third kappa shape index (κ3) is 5.76. The molecule has 0 spiro atoms. The Morgan fingerprint density at radius 3 is 2.59 bits per heavy atom. The number of ether oxygens (including phenoxy) is 1. The number of hydrazone groups is 1. The van der Waals surface area contributed by atoms with Crippen LogP contribution in [0.25, 0.3) is 0 Å². The third-order valence-electron chi connectivity index (χ3n) is 4.74. The molecule has 3 rings (SSSR count). The van der Waals surface area contributed by atoms with Crippen molar-refractivity contribution in [1.29, 1.82) is 0 Å². The molecule has 1 aromatic heterocycles. The molecule has 3 aromatic rings. The first kappa shape index (κ1) is 23.1. The van der Waals surface area contributed by atoms with Crippen molar-refractivity contribution in [2.45, 2.75) is 33.8 Å². The Bertz CT molecular complexity index is 1170. The molecule has 1 heterocycles. The van der Waals surface area contributed by atoms with E-state index in [-0.39, 0.29) is 11.8 Å². The third-order valence-corrected chi connectivity index (χ3v) is 5.03. The first-order valence-electron chi connectivity index (χ1n) is 9.97. The Morgan fingerprint density at radius 2 is 1.91 bits per heavy atom. The van der Waals surface area contributed by atoms with Crippen LogP contribution in [-0.2, 0) is 4.79 Å². The number of amides is 2. The van der Waals surface area contributed by atoms with Crippen LogP contribution >= 0.6 is 11.6 Å². The van der Waals surface area contributed by atoms with Crippen molar-refractivity contribution in [3.8, 4) is 5.75 Å². The molecule has 0 aliphatic carbocycles. The number of aryl methyl sites for hydroxylation is 2. The monoisotopic (exact) mass is 453 g/mol. The zero-order valence-corrected chi connectivity index (χ0v) is 19.0. The number of hydrogen-bond acceptors (Lipinski definition) is 5. The Balaban J connectivity index is 1.64. The van der Waals surface area contributed by atoms with Crippen molar-refractivity contribution < 1.29 is 18.7 Å². The van der Waals surface area contributed by atoms with E-state index < -0.39 is 6.10 Å². The Morgan fingerprint density at radius 1 is 1.12 bits per heavy atom. The fourth-order valence-corrected chi connectivity index (χ4v) is 3.17. The Kier molecular flexibility index (Phi) is 7.33. The molecule has 0 aliphatic rings. The second kappa shape index (κ2) is 10.2. The highest BCUT2D eigenvalue weighted by Crippen LogP contribution is 2.26. The number of carbonyl (C=O) groups excluding carboxylic acids is 2. The van der Waals surface area contributed by atoms with Crippen LogP contribution in [0.4, 0.5) is 5.69 Å². The van der Waals surface area contributed by atoms with Crippen LogP contribution in [0.2, 0.25) is 5.02 Å². The van der Waals surface area contributed by atoms with Gasteiger partial charge < -0.3 is 14.5 Å². The smallest absolute Gasteiger partial charge is 0.274 e. The lowest BCUT2D eigenvalue weighted by Crippen LogP contribution is -2.30. The molecule has 2 amide bonds. The summed E-state index contributed by atoms with van der Waals surface area (Å²) in [5, 5.41) is 7.41. The Labute approximate surface area is 191 Å². The van der Waals surface area contributed by atoms with Gasteiger partial charge in [0, 0.05) is 5.69 Å². The molecule has 1 atom stereocenters. The maximum absolute atomic E-state index is 12.6. The van der Waals surface area contributed by atoms with E-state index in [1.165, 1.54) is 6.26 Å². The van der Waals surface area contributed by atoms with Crippen LogP contribution in [0, 0.1) is 13.8 Å². The molecule has 0 radical (unpaired) electrons. The van der Waals surface area contributed by atoms with E-state index in [1.807, 2.05) is 19.1 Å². The van der Waals surface area contributed by atoms with E-state index in [0.717, 1.165) is 11.1 Å². The summed E-state index contributed by atoms with van der Waals surface area (Å²) in [7, 11) is 0. The minimum Gasteiger partial charge on any atom is -0.479 e. The summed E-state index contributed by atoms with van der Waals surface area (Å²) in [5.41, 5.74) is 5.82. The van der Waals surface area contributed by atoms with Crippen LogP contribution in [-0.4, -0.2) is 23.6 Å². The van der Waals surface area contributed by atoms with Gasteiger partial charge in [0.25, 0.3) is 11.8 Å². The normalized spacial score (nSPS) is 12.2. The van der Waals surface area contributed by atoms with Gasteiger partial charge >= 0.3 is 0 Å². The van der Waals surface area contributed by atoms with Crippen LogP contribution in [0.1, 0.15) is 41.1 Å². The van der Waals surface area contributed by atoms with E-state index in [4.69, 9.17) is 20.8 Å². The summed E-state index contributed by atoms with van der Waals surface area (Å²) in [6.45, 7) is 7.03. The van der Waals surface area contributed by atoms with Crippen molar-refractivity contribution in [2.24, 2.45) is 5.10 Å². The summed E-state index contributed by atoms with van der Waals surface area (Å²) in [6, 6.07) is 14.1. The lowest BCUT2D eigenvalue weighted by Gasteiger charge is -2.16. The zero-order valence-electron chi connectivity index (χ0n) is 18.2. The molecular formula is C24H24ClN3O4. The lowest BCUT2D eigenvalue weighted by atomic mass is 10.1. The molecule has 0 aliphatic heterocycles. The number of carbonyl (C=O) groups is 2. The zero-order chi connectivity index (χ0) is 23.3. The predicted octanol–water partition coefficient (Wildman–Crippen LogP) is 5.11. The lowest BCUT2D eigenvalue weighted by molar-refractivity contribution is -0.122. The maximum atomic E-state index is 12.6. The van der Waals surface area contributed by atoms with Gasteiger partial charge in [-0.05, 0) is 69.2 Å². The van der Waals surface area contributed by atoms with Gasteiger partial charge in [-0.2, -0.15) is 5.10 Å². The molecule has 7 nitrogen and oxygen atoms in total. The van der Waals surface area contributed by atoms with Crippen molar-refractivity contribution >= 4 is 34.8 Å². The Hall–Kier alpha value is -3.58. The van der Waals surface area contributed by atoms with Gasteiger partial charge in [0.1, 0.15) is 11.5 Å². The number of nitrogens with zero attached hydrogens (tertiary/aromatic N) is 1. The van der Waals surface area contributed by atoms with Crippen molar-refractivity contribution in [3.05, 3.63) is 82.3 Å². The summed E-state index contributed by atoms with van der Waals surface area (Å²) in [5.74, 6) is 0.279. The first-order valence-corrected chi connectivity index (χ1v) is 10.3. The molecule has 8 heteroatoms. The minimum absolute atomic E-state index is 0.322. The van der Waals surface area contributed by atoms with E-state index >= 15 is 0 Å². The van der Waals surface area contributed by atoms with Crippen LogP contribution < -0.4 is 15.5 Å². The number of nitrogens with one attached hydrogen (secondary N) is 2. The number of anilines is 1. The molecular weight excluding hydrogens is 430 g/mol. The molecule has 0 saturated carbocycles. The van der Waals surface area contributed by atoms with Gasteiger partial charge in [-0.15, -0.1) is 0 Å². The summed E-state index contributed by atoms with van der Waals surface area (Å²) in [6.07, 6.45) is 0.691. The highest BCUT2D eigenvalue weighted by Gasteiger charge is 2.17. The second-order valence-electron chi connectivity index (χ2n) is 7.29. The van der Waals surface area contributed by atoms with E-state index in [1.54, 1.807) is 57.2 Å². The topological polar surface area (TPSA) is 92.9 Å². The van der Waals surface area contributed by atoms with Crippen molar-refractivity contribution in [1.82, 2.24) is 5.43 Å². The SMILES string of the molecule is CC(=NNC(=O)c1ccoc1C)c1cccc(NC(=O)C(C)Oc2ccc(C)cc2Cl)c1. The van der Waals surface area contributed by atoms with Gasteiger partial charge in [0.15, 0.2) is 6.10 Å². The second-order valence-corrected chi connectivity index (χ2v) is 7.70. The minimum atomic E-state index is -0.758. The van der Waals surface area contributed by atoms with Gasteiger partial charge in [0.2, 0.25) is 0 Å². The van der Waals surface area contributed by atoms with E-state index in [0.29, 0.717) is 33.5 Å². The maximum Gasteiger partial charge on any atom is 0.274 e. The molecule has 0 fully saturated rings. The fraction of sp³-hybridized carbons (Fsp3) is 0.208. The summed E-state index contributed by atoms with van der Waals surface area (Å²) < 4.78 is 10.8. The molecule has 0 bridgehead atoms. The predicted molar refractivity (Wildman–Crippen MR) is 124 cm³/mol. The average molecular weight is 454 g/mol. The molecule has 0 saturated heterocycles. The van der Waals surface area contributed by atoms with Gasteiger partial charge in [-0.25, -0.2) is 5.43 Å². The highest BCUT2D eigenvalue weighted by molar-refractivity contribution is 6.32. The van der Waals surface area contributed by atoms with Gasteiger partial charge in [0.05, 0.1) is 22.6 Å². The van der Waals surface area contributed by atoms with Gasteiger partial charge in [-0.1, -0.05) is 29.8 Å². The van der Waals surface area contributed by atoms with E-state index in [9.17, 15) is 9.59 Å². The fourth-order valence-electron chi connectivity index (χ4n) is 2.89.